The number of hydrogen-bond acceptors (Lipinski definition) is 4. The summed E-state index contributed by atoms with van der Waals surface area (Å²) in [6, 6.07) is 0. The van der Waals surface area contributed by atoms with Gasteiger partial charge in [0.2, 0.25) is 0 Å². The van der Waals surface area contributed by atoms with Gasteiger partial charge in [-0.25, -0.2) is 0 Å². The van der Waals surface area contributed by atoms with Crippen LogP contribution in [0.3, 0.4) is 0 Å². The van der Waals surface area contributed by atoms with Gasteiger partial charge in [-0.2, -0.15) is 0 Å². The molecule has 0 rings (SSSR count). The van der Waals surface area contributed by atoms with Crippen LogP contribution < -0.4 is 0 Å². The summed E-state index contributed by atoms with van der Waals surface area (Å²) in [5.41, 5.74) is 0. The second-order valence-electron chi connectivity index (χ2n) is 4.27. The van der Waals surface area contributed by atoms with Crippen LogP contribution in [-0.4, -0.2) is 40.6 Å². The van der Waals surface area contributed by atoms with Crippen molar-refractivity contribution < 1.29 is 19.1 Å². The molecule has 0 spiro atoms. The Labute approximate surface area is 108 Å². The van der Waals surface area contributed by atoms with Crippen molar-refractivity contribution in [3.05, 3.63) is 0 Å². The number of hydrogen-bond donors (Lipinski definition) is 0. The first-order valence-electron chi connectivity index (χ1n) is 6.25. The molecule has 0 aliphatic heterocycles. The molecule has 0 bridgehead atoms. The standard InChI is InChI=1S/2C4H9.2C2H3O2.Sn/c2*1-3-4-2;2*1-4-2-3;/h2*1,3-4H2,2H3;2*1H3;. The Bertz CT molecular complexity index is 227. The number of unbranched alkanes of at least 4 members (excludes halogenated alkanes) is 2. The Balaban J connectivity index is 5.04. The molecular formula is C12H24O4Sn. The first kappa shape index (κ1) is 16.7. The number of methoxy groups -OCH3 is 2. The van der Waals surface area contributed by atoms with E-state index in [1.807, 2.05) is 0 Å². The van der Waals surface area contributed by atoms with E-state index in [2.05, 4.69) is 13.8 Å². The predicted octanol–water partition coefficient (Wildman–Crippen LogP) is 3.73. The molecular weight excluding hydrogens is 327 g/mol. The molecule has 5 heteroatoms. The van der Waals surface area contributed by atoms with Crippen molar-refractivity contribution in [1.82, 2.24) is 0 Å². The fourth-order valence-corrected chi connectivity index (χ4v) is 13.2. The second kappa shape index (κ2) is 8.78. The Kier molecular flexibility index (Phi) is 8.64. The molecule has 0 saturated heterocycles. The first-order valence-corrected chi connectivity index (χ1v) is 13.1. The van der Waals surface area contributed by atoms with Crippen molar-refractivity contribution in [1.29, 1.82) is 0 Å². The molecule has 0 heterocycles. The van der Waals surface area contributed by atoms with Crippen LogP contribution in [0.25, 0.3) is 0 Å². The van der Waals surface area contributed by atoms with Gasteiger partial charge in [-0.1, -0.05) is 0 Å². The topological polar surface area (TPSA) is 52.6 Å². The predicted molar refractivity (Wildman–Crippen MR) is 70.0 cm³/mol. The van der Waals surface area contributed by atoms with Crippen LogP contribution in [0, 0.1) is 0 Å². The first-order chi connectivity index (χ1) is 8.08. The molecule has 4 nitrogen and oxygen atoms in total. The molecule has 0 fully saturated rings. The van der Waals surface area contributed by atoms with Crippen LogP contribution in [0.5, 0.6) is 0 Å². The van der Waals surface area contributed by atoms with E-state index in [1.165, 1.54) is 14.2 Å². The van der Waals surface area contributed by atoms with Crippen molar-refractivity contribution in [2.75, 3.05) is 14.2 Å². The molecule has 0 aliphatic carbocycles. The SMILES string of the molecule is CCC[CH2][Sn]([CH2]CCC)([C](=O)OC)[C](=O)OC. The maximum atomic E-state index is 12.0. The quantitative estimate of drug-likeness (QED) is 0.626. The van der Waals surface area contributed by atoms with Crippen LogP contribution in [0.1, 0.15) is 39.5 Å². The van der Waals surface area contributed by atoms with Crippen LogP contribution in [0.4, 0.5) is 9.59 Å². The molecule has 0 aromatic carbocycles. The summed E-state index contributed by atoms with van der Waals surface area (Å²) < 4.78 is 10.7. The molecule has 0 radical (unpaired) electrons. The third-order valence-electron chi connectivity index (χ3n) is 3.07. The molecule has 0 aromatic rings. The summed E-state index contributed by atoms with van der Waals surface area (Å²) in [7, 11) is 2.74. The molecule has 0 saturated carbocycles. The van der Waals surface area contributed by atoms with Gasteiger partial charge >= 0.3 is 108 Å². The number of carbonyl (C=O) groups excluding carboxylic acids is 2. The fraction of sp³-hybridized carbons (Fsp3) is 0.833. The van der Waals surface area contributed by atoms with E-state index >= 15 is 0 Å². The van der Waals surface area contributed by atoms with Crippen molar-refractivity contribution in [3.63, 3.8) is 0 Å². The van der Waals surface area contributed by atoms with Crippen LogP contribution in [0.15, 0.2) is 0 Å². The van der Waals surface area contributed by atoms with Gasteiger partial charge in [-0.05, 0) is 0 Å². The Morgan fingerprint density at radius 2 is 1.24 bits per heavy atom. The van der Waals surface area contributed by atoms with E-state index in [1.54, 1.807) is 0 Å². The van der Waals surface area contributed by atoms with Gasteiger partial charge in [0, 0.05) is 0 Å². The van der Waals surface area contributed by atoms with Crippen LogP contribution in [0.2, 0.25) is 8.87 Å². The van der Waals surface area contributed by atoms with E-state index < -0.39 is 18.4 Å². The molecule has 0 N–H and O–H groups in total. The molecule has 17 heavy (non-hydrogen) atoms. The number of ether oxygens (including phenoxy) is 2. The summed E-state index contributed by atoms with van der Waals surface area (Å²) >= 11 is -3.62. The van der Waals surface area contributed by atoms with Gasteiger partial charge in [0.15, 0.2) is 0 Å². The summed E-state index contributed by atoms with van der Waals surface area (Å²) in [5.74, 6) is 0. The third-order valence-corrected chi connectivity index (χ3v) is 15.6. The average Bonchev–Trinajstić information content (AvgIpc) is 2.37. The van der Waals surface area contributed by atoms with Gasteiger partial charge in [0.25, 0.3) is 0 Å². The molecule has 0 amide bonds. The van der Waals surface area contributed by atoms with Gasteiger partial charge in [-0.15, -0.1) is 0 Å². The molecule has 0 unspecified atom stereocenters. The summed E-state index contributed by atoms with van der Waals surface area (Å²) in [6.07, 6.45) is 3.78. The number of rotatable bonds is 8. The van der Waals surface area contributed by atoms with Crippen molar-refractivity contribution in [2.24, 2.45) is 0 Å². The Morgan fingerprint density at radius 3 is 1.47 bits per heavy atom. The zero-order valence-corrected chi connectivity index (χ0v) is 14.2. The molecule has 0 aromatic heterocycles. The molecule has 0 aliphatic rings. The third kappa shape index (κ3) is 4.48. The Hall–Kier alpha value is -0.261. The van der Waals surface area contributed by atoms with E-state index in [0.29, 0.717) is 8.87 Å². The average molecular weight is 351 g/mol. The molecule has 0 atom stereocenters. The second-order valence-corrected chi connectivity index (χ2v) is 15.6. The monoisotopic (exact) mass is 352 g/mol. The van der Waals surface area contributed by atoms with E-state index in [-0.39, 0.29) is 7.97 Å². The van der Waals surface area contributed by atoms with Crippen LogP contribution >= 0.6 is 0 Å². The Morgan fingerprint density at radius 1 is 0.882 bits per heavy atom. The van der Waals surface area contributed by atoms with Gasteiger partial charge in [-0.3, -0.25) is 0 Å². The minimum atomic E-state index is -3.62. The van der Waals surface area contributed by atoms with Crippen LogP contribution in [-0.2, 0) is 9.47 Å². The van der Waals surface area contributed by atoms with Crippen molar-refractivity contribution in [3.8, 4) is 0 Å². The van der Waals surface area contributed by atoms with Crippen molar-refractivity contribution >= 4 is 26.3 Å². The van der Waals surface area contributed by atoms with Gasteiger partial charge < -0.3 is 0 Å². The zero-order chi connectivity index (χ0) is 13.3. The maximum absolute atomic E-state index is 12.0. The zero-order valence-electron chi connectivity index (χ0n) is 11.4. The molecule has 100 valence electrons. The van der Waals surface area contributed by atoms with Crippen molar-refractivity contribution in [2.45, 2.75) is 48.4 Å². The summed E-state index contributed by atoms with van der Waals surface area (Å²) in [6.45, 7) is 4.12. The van der Waals surface area contributed by atoms with Gasteiger partial charge in [0.05, 0.1) is 0 Å². The number of carbonyl (C=O) groups is 2. The van der Waals surface area contributed by atoms with Gasteiger partial charge in [0.1, 0.15) is 0 Å². The van der Waals surface area contributed by atoms with E-state index in [0.717, 1.165) is 25.7 Å². The van der Waals surface area contributed by atoms with E-state index in [9.17, 15) is 9.59 Å². The summed E-state index contributed by atoms with van der Waals surface area (Å²) in [5, 5.41) is 0. The van der Waals surface area contributed by atoms with E-state index in [4.69, 9.17) is 9.47 Å². The normalized spacial score (nSPS) is 11.1. The minimum absolute atomic E-state index is 0.256. The summed E-state index contributed by atoms with van der Waals surface area (Å²) in [4.78, 5) is 24.0. The fourth-order valence-electron chi connectivity index (χ4n) is 1.96.